The van der Waals surface area contributed by atoms with Gasteiger partial charge in [0.1, 0.15) is 25.0 Å². The molecule has 1 atom stereocenters. The minimum atomic E-state index is -0.946. The number of aliphatic hydroxyl groups excluding tert-OH is 1. The SMILES string of the molecule is CNC(=O)c1nn(-c2ccc(OCC(O)CN=O)cc2)c2c1CCc1ccc(NC)cc1-2. The quantitative estimate of drug-likeness (QED) is 0.468. The molecule has 1 aliphatic carbocycles. The molecular weight excluding hydrogens is 410 g/mol. The van der Waals surface area contributed by atoms with Gasteiger partial charge in [-0.15, -0.1) is 0 Å². The molecule has 2 aromatic carbocycles. The molecule has 0 fully saturated rings. The number of nitrogens with one attached hydrogen (secondary N) is 2. The molecule has 0 saturated heterocycles. The highest BCUT2D eigenvalue weighted by molar-refractivity contribution is 5.96. The summed E-state index contributed by atoms with van der Waals surface area (Å²) < 4.78 is 7.32. The highest BCUT2D eigenvalue weighted by atomic mass is 16.5. The molecule has 0 saturated carbocycles. The number of carbonyl (C=O) groups excluding carboxylic acids is 1. The van der Waals surface area contributed by atoms with Crippen molar-refractivity contribution in [3.63, 3.8) is 0 Å². The van der Waals surface area contributed by atoms with Gasteiger partial charge < -0.3 is 20.5 Å². The van der Waals surface area contributed by atoms with Crippen LogP contribution in [0.1, 0.15) is 21.6 Å². The number of aromatic nitrogens is 2. The topological polar surface area (TPSA) is 118 Å². The van der Waals surface area contributed by atoms with E-state index in [1.54, 1.807) is 23.9 Å². The van der Waals surface area contributed by atoms with Gasteiger partial charge in [0.05, 0.1) is 11.4 Å². The second-order valence-electron chi connectivity index (χ2n) is 7.56. The normalized spacial score (nSPS) is 13.0. The van der Waals surface area contributed by atoms with Crippen molar-refractivity contribution < 1.29 is 14.6 Å². The Balaban J connectivity index is 1.74. The van der Waals surface area contributed by atoms with Crippen molar-refractivity contribution in [3.05, 3.63) is 64.2 Å². The fraction of sp³-hybridized carbons (Fsp3) is 0.304. The molecule has 166 valence electrons. The molecule has 1 amide bonds. The number of aliphatic hydroxyl groups is 1. The number of nitrogens with zero attached hydrogens (tertiary/aromatic N) is 3. The number of aryl methyl sites for hydroxylation is 1. The summed E-state index contributed by atoms with van der Waals surface area (Å²) in [5.41, 5.74) is 6.27. The van der Waals surface area contributed by atoms with Crippen molar-refractivity contribution in [1.82, 2.24) is 15.1 Å². The number of hydrogen-bond donors (Lipinski definition) is 3. The predicted octanol–water partition coefficient (Wildman–Crippen LogP) is 2.55. The van der Waals surface area contributed by atoms with Crippen LogP contribution < -0.4 is 15.4 Å². The molecule has 3 aromatic rings. The number of fused-ring (bicyclic) bond motifs is 3. The lowest BCUT2D eigenvalue weighted by molar-refractivity contribution is 0.0956. The van der Waals surface area contributed by atoms with Crippen LogP contribution in [0.4, 0.5) is 5.69 Å². The van der Waals surface area contributed by atoms with Crippen LogP contribution >= 0.6 is 0 Å². The molecule has 9 nitrogen and oxygen atoms in total. The van der Waals surface area contributed by atoms with Crippen LogP contribution in [-0.4, -0.2) is 54.1 Å². The first-order valence-electron chi connectivity index (χ1n) is 10.4. The van der Waals surface area contributed by atoms with Crippen molar-refractivity contribution in [2.75, 3.05) is 32.6 Å². The number of rotatable bonds is 8. The molecule has 1 aromatic heterocycles. The first kappa shape index (κ1) is 21.5. The zero-order valence-corrected chi connectivity index (χ0v) is 18.0. The Morgan fingerprint density at radius 1 is 1.22 bits per heavy atom. The Labute approximate surface area is 185 Å². The second-order valence-corrected chi connectivity index (χ2v) is 7.56. The largest absolute Gasteiger partial charge is 0.491 e. The minimum absolute atomic E-state index is 0.0246. The summed E-state index contributed by atoms with van der Waals surface area (Å²) in [6, 6.07) is 13.4. The van der Waals surface area contributed by atoms with Crippen LogP contribution in [0.2, 0.25) is 0 Å². The number of amides is 1. The molecular formula is C23H25N5O4. The van der Waals surface area contributed by atoms with E-state index in [1.807, 2.05) is 25.2 Å². The van der Waals surface area contributed by atoms with Gasteiger partial charge >= 0.3 is 0 Å². The van der Waals surface area contributed by atoms with Gasteiger partial charge in [0.25, 0.3) is 5.91 Å². The Morgan fingerprint density at radius 2 is 2.00 bits per heavy atom. The summed E-state index contributed by atoms with van der Waals surface area (Å²) in [5.74, 6) is 0.329. The molecule has 1 aliphatic rings. The van der Waals surface area contributed by atoms with Crippen molar-refractivity contribution in [2.45, 2.75) is 18.9 Å². The lowest BCUT2D eigenvalue weighted by Gasteiger charge is -2.20. The molecule has 0 radical (unpaired) electrons. The predicted molar refractivity (Wildman–Crippen MR) is 122 cm³/mol. The lowest BCUT2D eigenvalue weighted by Crippen LogP contribution is -2.20. The summed E-state index contributed by atoms with van der Waals surface area (Å²) >= 11 is 0. The van der Waals surface area contributed by atoms with E-state index < -0.39 is 6.10 Å². The van der Waals surface area contributed by atoms with Gasteiger partial charge in [0.15, 0.2) is 5.69 Å². The number of carbonyl (C=O) groups is 1. The Bertz CT molecular complexity index is 1140. The van der Waals surface area contributed by atoms with E-state index in [4.69, 9.17) is 4.74 Å². The summed E-state index contributed by atoms with van der Waals surface area (Å²) in [5, 5.41) is 22.8. The van der Waals surface area contributed by atoms with E-state index in [0.29, 0.717) is 11.4 Å². The number of hydrogen-bond acceptors (Lipinski definition) is 7. The van der Waals surface area contributed by atoms with Crippen LogP contribution in [0.25, 0.3) is 16.9 Å². The highest BCUT2D eigenvalue weighted by Gasteiger charge is 2.28. The molecule has 0 spiro atoms. The first-order valence-corrected chi connectivity index (χ1v) is 10.4. The number of anilines is 1. The van der Waals surface area contributed by atoms with Crippen LogP contribution in [0.3, 0.4) is 0 Å². The van der Waals surface area contributed by atoms with Crippen molar-refractivity contribution in [1.29, 1.82) is 0 Å². The average molecular weight is 435 g/mol. The van der Waals surface area contributed by atoms with Gasteiger partial charge in [-0.1, -0.05) is 11.2 Å². The van der Waals surface area contributed by atoms with E-state index in [0.717, 1.165) is 41.0 Å². The lowest BCUT2D eigenvalue weighted by atomic mass is 9.88. The third-order valence-electron chi connectivity index (χ3n) is 5.53. The Morgan fingerprint density at radius 3 is 2.69 bits per heavy atom. The Kier molecular flexibility index (Phi) is 6.18. The van der Waals surface area contributed by atoms with Crippen molar-refractivity contribution >= 4 is 11.6 Å². The molecule has 1 heterocycles. The van der Waals surface area contributed by atoms with E-state index in [2.05, 4.69) is 33.0 Å². The van der Waals surface area contributed by atoms with Gasteiger partial charge in [0.2, 0.25) is 0 Å². The van der Waals surface area contributed by atoms with Gasteiger partial charge in [-0.05, 0) is 54.8 Å². The highest BCUT2D eigenvalue weighted by Crippen LogP contribution is 2.38. The van der Waals surface area contributed by atoms with E-state index in [-0.39, 0.29) is 19.1 Å². The van der Waals surface area contributed by atoms with Gasteiger partial charge in [-0.2, -0.15) is 10.0 Å². The average Bonchev–Trinajstić information content (AvgIpc) is 3.22. The molecule has 0 bridgehead atoms. The molecule has 0 aliphatic heterocycles. The minimum Gasteiger partial charge on any atom is -0.491 e. The molecule has 1 unspecified atom stereocenters. The smallest absolute Gasteiger partial charge is 0.271 e. The van der Waals surface area contributed by atoms with Crippen molar-refractivity contribution in [3.8, 4) is 22.7 Å². The summed E-state index contributed by atoms with van der Waals surface area (Å²) in [6.45, 7) is -0.239. The fourth-order valence-electron chi connectivity index (χ4n) is 3.90. The van der Waals surface area contributed by atoms with Gasteiger partial charge in [-0.3, -0.25) is 4.79 Å². The maximum Gasteiger partial charge on any atom is 0.271 e. The Hall–Kier alpha value is -3.72. The summed E-state index contributed by atoms with van der Waals surface area (Å²) in [7, 11) is 3.48. The summed E-state index contributed by atoms with van der Waals surface area (Å²) in [4.78, 5) is 22.8. The van der Waals surface area contributed by atoms with Crippen LogP contribution in [0, 0.1) is 4.91 Å². The zero-order chi connectivity index (χ0) is 22.7. The van der Waals surface area contributed by atoms with Gasteiger partial charge in [-0.25, -0.2) is 4.68 Å². The van der Waals surface area contributed by atoms with Crippen LogP contribution in [-0.2, 0) is 12.8 Å². The maximum atomic E-state index is 12.5. The summed E-state index contributed by atoms with van der Waals surface area (Å²) in [6.07, 6.45) is 0.624. The van der Waals surface area contributed by atoms with Crippen molar-refractivity contribution in [2.24, 2.45) is 5.18 Å². The number of benzene rings is 2. The van der Waals surface area contributed by atoms with E-state index in [1.165, 1.54) is 5.56 Å². The van der Waals surface area contributed by atoms with Gasteiger partial charge in [0, 0.05) is 30.9 Å². The second kappa shape index (κ2) is 9.19. The zero-order valence-electron chi connectivity index (χ0n) is 18.0. The standard InChI is InChI=1S/C23H25N5O4/c1-24-15-5-3-14-4-10-19-21(23(30)25-2)27-28(22(19)20(14)11-15)16-6-8-18(9-7-16)32-13-17(29)12-26-31/h3,5-9,11,17,24,29H,4,10,12-13H2,1-2H3,(H,25,30). The maximum absolute atomic E-state index is 12.5. The molecule has 9 heteroatoms. The van der Waals surface area contributed by atoms with E-state index in [9.17, 15) is 14.8 Å². The van der Waals surface area contributed by atoms with Crippen LogP contribution in [0.5, 0.6) is 5.75 Å². The molecule has 4 rings (SSSR count). The first-order chi connectivity index (χ1) is 15.5. The monoisotopic (exact) mass is 435 g/mol. The molecule has 32 heavy (non-hydrogen) atoms. The van der Waals surface area contributed by atoms with E-state index >= 15 is 0 Å². The molecule has 3 N–H and O–H groups in total. The number of ether oxygens (including phenoxy) is 1. The third kappa shape index (κ3) is 4.06. The van der Waals surface area contributed by atoms with Crippen LogP contribution in [0.15, 0.2) is 47.6 Å². The third-order valence-corrected chi connectivity index (χ3v) is 5.53. The number of nitroso groups, excluding NO2 is 1. The fourth-order valence-corrected chi connectivity index (χ4v) is 3.90.